The van der Waals surface area contributed by atoms with Gasteiger partial charge in [0.2, 0.25) is 0 Å². The normalized spacial score (nSPS) is 31.8. The Morgan fingerprint density at radius 3 is 2.79 bits per heavy atom. The Bertz CT molecular complexity index is 339. The van der Waals surface area contributed by atoms with E-state index in [1.807, 2.05) is 20.8 Å². The molecule has 0 bridgehead atoms. The van der Waals surface area contributed by atoms with E-state index in [1.165, 1.54) is 0 Å². The Hall–Kier alpha value is -0.810. The van der Waals surface area contributed by atoms with E-state index in [9.17, 15) is 9.90 Å². The Balaban J connectivity index is 1.96. The molecule has 0 unspecified atom stereocenters. The first kappa shape index (κ1) is 14.6. The summed E-state index contributed by atoms with van der Waals surface area (Å²) < 4.78 is 11.4. The average Bonchev–Trinajstić information content (AvgIpc) is 2.70. The molecule has 5 nitrogen and oxygen atoms in total. The molecule has 0 aliphatic carbocycles. The fourth-order valence-corrected chi connectivity index (χ4v) is 2.90. The molecule has 0 saturated carbocycles. The lowest BCUT2D eigenvalue weighted by atomic mass is 9.90. The van der Waals surface area contributed by atoms with Crippen molar-refractivity contribution in [3.8, 4) is 0 Å². The predicted molar refractivity (Wildman–Crippen MR) is 71.0 cm³/mol. The number of aliphatic hydroxyl groups is 1. The number of likely N-dealkylation sites (tertiary alicyclic amines) is 1. The zero-order valence-corrected chi connectivity index (χ0v) is 12.1. The number of nitrogens with zero attached hydrogens (tertiary/aromatic N) is 1. The van der Waals surface area contributed by atoms with E-state index in [0.717, 1.165) is 32.2 Å². The third kappa shape index (κ3) is 3.60. The van der Waals surface area contributed by atoms with E-state index in [-0.39, 0.29) is 24.4 Å². The van der Waals surface area contributed by atoms with Gasteiger partial charge in [-0.2, -0.15) is 0 Å². The summed E-state index contributed by atoms with van der Waals surface area (Å²) >= 11 is 0. The third-order valence-corrected chi connectivity index (χ3v) is 3.73. The van der Waals surface area contributed by atoms with Gasteiger partial charge in [-0.3, -0.25) is 0 Å². The minimum atomic E-state index is -0.466. The van der Waals surface area contributed by atoms with Crippen LogP contribution in [-0.4, -0.2) is 53.1 Å². The maximum atomic E-state index is 12.1. The number of amides is 1. The molecule has 0 aromatic rings. The molecule has 2 rings (SSSR count). The molecule has 0 aromatic heterocycles. The Kier molecular flexibility index (Phi) is 4.06. The van der Waals surface area contributed by atoms with Crippen LogP contribution in [-0.2, 0) is 9.47 Å². The van der Waals surface area contributed by atoms with Crippen LogP contribution in [0.2, 0.25) is 0 Å². The Morgan fingerprint density at radius 2 is 2.21 bits per heavy atom. The molecule has 1 amide bonds. The van der Waals surface area contributed by atoms with E-state index in [1.54, 1.807) is 4.90 Å². The SMILES string of the molecule is CC(C)(C)OC(=O)N1CCC[C@@]2(CC[C@@H](CO)O2)C1. The number of carbonyl (C=O) groups excluding carboxylic acids is 1. The molecule has 0 aromatic carbocycles. The average molecular weight is 271 g/mol. The quantitative estimate of drug-likeness (QED) is 0.791. The van der Waals surface area contributed by atoms with Crippen molar-refractivity contribution in [3.05, 3.63) is 0 Å². The molecule has 2 fully saturated rings. The zero-order chi connectivity index (χ0) is 14.1. The smallest absolute Gasteiger partial charge is 0.410 e. The summed E-state index contributed by atoms with van der Waals surface area (Å²) in [5.74, 6) is 0. The van der Waals surface area contributed by atoms with Gasteiger partial charge in [0.1, 0.15) is 5.60 Å². The van der Waals surface area contributed by atoms with Gasteiger partial charge >= 0.3 is 6.09 Å². The number of piperidine rings is 1. The second-order valence-corrected chi connectivity index (χ2v) is 6.65. The minimum Gasteiger partial charge on any atom is -0.444 e. The molecular weight excluding hydrogens is 246 g/mol. The summed E-state index contributed by atoms with van der Waals surface area (Å²) in [4.78, 5) is 13.8. The molecule has 5 heteroatoms. The van der Waals surface area contributed by atoms with Crippen LogP contribution in [0.4, 0.5) is 4.79 Å². The first-order chi connectivity index (χ1) is 8.84. The van der Waals surface area contributed by atoms with E-state index < -0.39 is 5.60 Å². The molecule has 0 radical (unpaired) electrons. The predicted octanol–water partition coefficient (Wildman–Crippen LogP) is 1.93. The van der Waals surface area contributed by atoms with Crippen LogP contribution < -0.4 is 0 Å². The molecule has 2 aliphatic rings. The van der Waals surface area contributed by atoms with Crippen molar-refractivity contribution >= 4 is 6.09 Å². The summed E-state index contributed by atoms with van der Waals surface area (Å²) in [5, 5.41) is 9.18. The van der Waals surface area contributed by atoms with Crippen LogP contribution in [0.15, 0.2) is 0 Å². The fourth-order valence-electron chi connectivity index (χ4n) is 2.90. The van der Waals surface area contributed by atoms with Gasteiger partial charge in [0.15, 0.2) is 0 Å². The maximum Gasteiger partial charge on any atom is 0.410 e. The number of hydrogen-bond acceptors (Lipinski definition) is 4. The first-order valence-corrected chi connectivity index (χ1v) is 7.10. The van der Waals surface area contributed by atoms with Crippen molar-refractivity contribution in [1.29, 1.82) is 0 Å². The topological polar surface area (TPSA) is 59.0 Å². The standard InChI is InChI=1S/C14H25NO4/c1-13(2,3)19-12(17)15-8-4-6-14(10-15)7-5-11(9-16)18-14/h11,16H,4-10H2,1-3H3/t11-,14+/m0/s1. The van der Waals surface area contributed by atoms with E-state index in [2.05, 4.69) is 0 Å². The summed E-state index contributed by atoms with van der Waals surface area (Å²) in [6, 6.07) is 0. The second kappa shape index (κ2) is 5.29. The van der Waals surface area contributed by atoms with Crippen molar-refractivity contribution in [1.82, 2.24) is 4.90 Å². The summed E-state index contributed by atoms with van der Waals surface area (Å²) in [5.41, 5.74) is -0.728. The molecule has 2 heterocycles. The molecule has 2 saturated heterocycles. The minimum absolute atomic E-state index is 0.0637. The van der Waals surface area contributed by atoms with Crippen LogP contribution >= 0.6 is 0 Å². The number of aliphatic hydroxyl groups excluding tert-OH is 1. The summed E-state index contributed by atoms with van der Waals surface area (Å²) in [7, 11) is 0. The van der Waals surface area contributed by atoms with Gasteiger partial charge in [-0.15, -0.1) is 0 Å². The molecule has 2 aliphatic heterocycles. The zero-order valence-electron chi connectivity index (χ0n) is 12.1. The highest BCUT2D eigenvalue weighted by Gasteiger charge is 2.44. The van der Waals surface area contributed by atoms with Gasteiger partial charge < -0.3 is 19.5 Å². The van der Waals surface area contributed by atoms with Crippen LogP contribution in [0.25, 0.3) is 0 Å². The highest BCUT2D eigenvalue weighted by atomic mass is 16.6. The van der Waals surface area contributed by atoms with Crippen molar-refractivity contribution < 1.29 is 19.4 Å². The van der Waals surface area contributed by atoms with Gasteiger partial charge in [0.25, 0.3) is 0 Å². The van der Waals surface area contributed by atoms with E-state index in [4.69, 9.17) is 9.47 Å². The molecule has 2 atom stereocenters. The lowest BCUT2D eigenvalue weighted by Gasteiger charge is -2.40. The molecular formula is C14H25NO4. The highest BCUT2D eigenvalue weighted by Crippen LogP contribution is 2.37. The fraction of sp³-hybridized carbons (Fsp3) is 0.929. The van der Waals surface area contributed by atoms with E-state index in [0.29, 0.717) is 6.54 Å². The second-order valence-electron chi connectivity index (χ2n) is 6.65. The molecule has 1 spiro atoms. The molecule has 110 valence electrons. The van der Waals surface area contributed by atoms with Gasteiger partial charge in [-0.25, -0.2) is 4.79 Å². The van der Waals surface area contributed by atoms with Crippen molar-refractivity contribution in [2.45, 2.75) is 63.8 Å². The van der Waals surface area contributed by atoms with E-state index >= 15 is 0 Å². The van der Waals surface area contributed by atoms with Crippen LogP contribution in [0, 0.1) is 0 Å². The number of rotatable bonds is 1. The van der Waals surface area contributed by atoms with Crippen molar-refractivity contribution in [2.75, 3.05) is 19.7 Å². The number of carbonyl (C=O) groups is 1. The van der Waals surface area contributed by atoms with Gasteiger partial charge in [0.05, 0.1) is 24.9 Å². The lowest BCUT2D eigenvalue weighted by Crippen LogP contribution is -2.51. The van der Waals surface area contributed by atoms with Gasteiger partial charge in [-0.05, 0) is 46.5 Å². The van der Waals surface area contributed by atoms with Gasteiger partial charge in [-0.1, -0.05) is 0 Å². The van der Waals surface area contributed by atoms with Crippen molar-refractivity contribution in [3.63, 3.8) is 0 Å². The largest absolute Gasteiger partial charge is 0.444 e. The Labute approximate surface area is 114 Å². The molecule has 1 N–H and O–H groups in total. The lowest BCUT2D eigenvalue weighted by molar-refractivity contribution is -0.0949. The van der Waals surface area contributed by atoms with Gasteiger partial charge in [0, 0.05) is 6.54 Å². The number of hydrogen-bond donors (Lipinski definition) is 1. The maximum absolute atomic E-state index is 12.1. The number of ether oxygens (including phenoxy) is 2. The molecule has 19 heavy (non-hydrogen) atoms. The summed E-state index contributed by atoms with van der Waals surface area (Å²) in [6.45, 7) is 6.99. The monoisotopic (exact) mass is 271 g/mol. The third-order valence-electron chi connectivity index (χ3n) is 3.73. The van der Waals surface area contributed by atoms with Crippen LogP contribution in [0.3, 0.4) is 0 Å². The Morgan fingerprint density at radius 1 is 1.47 bits per heavy atom. The van der Waals surface area contributed by atoms with Crippen molar-refractivity contribution in [2.24, 2.45) is 0 Å². The first-order valence-electron chi connectivity index (χ1n) is 7.10. The van der Waals surface area contributed by atoms with Crippen LogP contribution in [0.5, 0.6) is 0 Å². The highest BCUT2D eigenvalue weighted by molar-refractivity contribution is 5.68. The summed E-state index contributed by atoms with van der Waals surface area (Å²) in [6.07, 6.45) is 3.34. The van der Waals surface area contributed by atoms with Crippen LogP contribution in [0.1, 0.15) is 46.5 Å².